The van der Waals surface area contributed by atoms with E-state index in [4.69, 9.17) is 10.8 Å². The summed E-state index contributed by atoms with van der Waals surface area (Å²) >= 11 is 2.05. The van der Waals surface area contributed by atoms with Gasteiger partial charge in [-0.2, -0.15) is 5.10 Å². The standard InChI is InChI=1S/C9H11IN6O2/c1-4(14-9(17)18)2-16-8-5(6(10)15-16)7(11)12-3-13-8/h3-4,14H,2H2,1H3,(H,17,18)(H2,11,12,13)/t4-/m0/s1. The van der Waals surface area contributed by atoms with Crippen LogP contribution in [-0.2, 0) is 6.54 Å². The fraction of sp³-hybridized carbons (Fsp3) is 0.333. The van der Waals surface area contributed by atoms with E-state index in [0.717, 1.165) is 0 Å². The van der Waals surface area contributed by atoms with Crippen LogP contribution in [0.1, 0.15) is 6.92 Å². The Hall–Kier alpha value is -1.65. The minimum Gasteiger partial charge on any atom is -0.465 e. The summed E-state index contributed by atoms with van der Waals surface area (Å²) in [6.07, 6.45) is 0.295. The molecule has 0 saturated carbocycles. The Morgan fingerprint density at radius 2 is 2.39 bits per heavy atom. The zero-order chi connectivity index (χ0) is 13.3. The Balaban J connectivity index is 2.35. The van der Waals surface area contributed by atoms with E-state index in [1.807, 2.05) is 22.6 Å². The number of nitrogens with two attached hydrogens (primary N) is 1. The van der Waals surface area contributed by atoms with Crippen molar-refractivity contribution >= 4 is 45.5 Å². The zero-order valence-corrected chi connectivity index (χ0v) is 11.6. The number of carbonyl (C=O) groups is 1. The summed E-state index contributed by atoms with van der Waals surface area (Å²) in [6.45, 7) is 2.13. The van der Waals surface area contributed by atoms with Gasteiger partial charge in [0.05, 0.1) is 11.9 Å². The van der Waals surface area contributed by atoms with Gasteiger partial charge in [0, 0.05) is 6.04 Å². The van der Waals surface area contributed by atoms with Gasteiger partial charge < -0.3 is 16.2 Å². The van der Waals surface area contributed by atoms with Gasteiger partial charge in [-0.15, -0.1) is 0 Å². The Bertz CT molecular complexity index is 598. The van der Waals surface area contributed by atoms with E-state index in [1.165, 1.54) is 6.33 Å². The summed E-state index contributed by atoms with van der Waals surface area (Å²) in [7, 11) is 0. The molecule has 0 radical (unpaired) electrons. The van der Waals surface area contributed by atoms with Crippen molar-refractivity contribution in [2.45, 2.75) is 19.5 Å². The van der Waals surface area contributed by atoms with Crippen molar-refractivity contribution in [1.29, 1.82) is 0 Å². The molecule has 0 aliphatic carbocycles. The molecule has 1 amide bonds. The Morgan fingerprint density at radius 3 is 3.06 bits per heavy atom. The van der Waals surface area contributed by atoms with Gasteiger partial charge >= 0.3 is 6.09 Å². The number of hydrogen-bond acceptors (Lipinski definition) is 5. The molecule has 1 atom stereocenters. The first-order valence-electron chi connectivity index (χ1n) is 5.11. The first kappa shape index (κ1) is 12.8. The van der Waals surface area contributed by atoms with E-state index in [2.05, 4.69) is 20.4 Å². The van der Waals surface area contributed by atoms with Crippen LogP contribution < -0.4 is 11.1 Å². The molecule has 0 saturated heterocycles. The van der Waals surface area contributed by atoms with Gasteiger partial charge in [0.25, 0.3) is 0 Å². The third-order valence-corrected chi connectivity index (χ3v) is 3.09. The summed E-state index contributed by atoms with van der Waals surface area (Å²) < 4.78 is 2.32. The van der Waals surface area contributed by atoms with Gasteiger partial charge in [0.15, 0.2) is 5.65 Å². The third-order valence-electron chi connectivity index (χ3n) is 2.33. The molecule has 0 aliphatic rings. The average Bonchev–Trinajstić information content (AvgIpc) is 2.55. The van der Waals surface area contributed by atoms with Crippen molar-refractivity contribution in [2.24, 2.45) is 0 Å². The number of rotatable bonds is 3. The first-order chi connectivity index (χ1) is 8.49. The molecule has 0 aliphatic heterocycles. The number of nitrogens with one attached hydrogen (secondary N) is 1. The van der Waals surface area contributed by atoms with E-state index in [1.54, 1.807) is 11.6 Å². The van der Waals surface area contributed by atoms with Crippen LogP contribution in [0.25, 0.3) is 11.0 Å². The number of hydrogen-bond donors (Lipinski definition) is 3. The molecule has 8 nitrogen and oxygen atoms in total. The summed E-state index contributed by atoms with van der Waals surface area (Å²) in [5, 5.41) is 16.0. The van der Waals surface area contributed by atoms with Gasteiger partial charge in [0.2, 0.25) is 0 Å². The number of anilines is 1. The maximum Gasteiger partial charge on any atom is 0.404 e. The predicted octanol–water partition coefficient (Wildman–Crippen LogP) is 0.669. The van der Waals surface area contributed by atoms with E-state index < -0.39 is 6.09 Å². The molecule has 2 heterocycles. The van der Waals surface area contributed by atoms with Crippen LogP contribution in [0.2, 0.25) is 0 Å². The van der Waals surface area contributed by atoms with E-state index in [0.29, 0.717) is 27.1 Å². The lowest BCUT2D eigenvalue weighted by atomic mass is 10.3. The van der Waals surface area contributed by atoms with Gasteiger partial charge in [-0.05, 0) is 29.5 Å². The quantitative estimate of drug-likeness (QED) is 0.691. The molecule has 0 aromatic carbocycles. The van der Waals surface area contributed by atoms with E-state index >= 15 is 0 Å². The monoisotopic (exact) mass is 362 g/mol. The van der Waals surface area contributed by atoms with E-state index in [9.17, 15) is 4.79 Å². The van der Waals surface area contributed by atoms with Gasteiger partial charge in [-0.1, -0.05) is 0 Å². The van der Waals surface area contributed by atoms with Crippen molar-refractivity contribution in [3.05, 3.63) is 10.0 Å². The van der Waals surface area contributed by atoms with Crippen LogP contribution in [0.3, 0.4) is 0 Å². The van der Waals surface area contributed by atoms with Crippen molar-refractivity contribution in [3.63, 3.8) is 0 Å². The molecular weight excluding hydrogens is 351 g/mol. The lowest BCUT2D eigenvalue weighted by Gasteiger charge is -2.11. The smallest absolute Gasteiger partial charge is 0.404 e. The minimum atomic E-state index is -1.07. The predicted molar refractivity (Wildman–Crippen MR) is 73.1 cm³/mol. The molecule has 96 valence electrons. The maximum absolute atomic E-state index is 10.5. The summed E-state index contributed by atoms with van der Waals surface area (Å²) in [4.78, 5) is 18.6. The average molecular weight is 362 g/mol. The lowest BCUT2D eigenvalue weighted by molar-refractivity contribution is 0.189. The minimum absolute atomic E-state index is 0.280. The molecule has 0 spiro atoms. The molecular formula is C9H11IN6O2. The van der Waals surface area contributed by atoms with Crippen LogP contribution in [0, 0.1) is 3.70 Å². The summed E-state index contributed by atoms with van der Waals surface area (Å²) in [5.74, 6) is 0.370. The van der Waals surface area contributed by atoms with Crippen molar-refractivity contribution in [1.82, 2.24) is 25.1 Å². The molecule has 0 fully saturated rings. The number of carboxylic acid groups (broad SMARTS) is 1. The van der Waals surface area contributed by atoms with Crippen LogP contribution >= 0.6 is 22.6 Å². The Morgan fingerprint density at radius 1 is 1.67 bits per heavy atom. The molecule has 2 aromatic rings. The maximum atomic E-state index is 10.5. The largest absolute Gasteiger partial charge is 0.465 e. The SMILES string of the molecule is C[C@@H](Cn1nc(I)c2c(N)ncnc21)NC(=O)O. The van der Waals surface area contributed by atoms with Gasteiger partial charge in [0.1, 0.15) is 15.8 Å². The second-order valence-electron chi connectivity index (χ2n) is 3.78. The molecule has 2 rings (SSSR count). The first-order valence-corrected chi connectivity index (χ1v) is 6.19. The fourth-order valence-corrected chi connectivity index (χ4v) is 2.41. The number of nitrogen functional groups attached to an aromatic ring is 1. The van der Waals surface area contributed by atoms with Crippen molar-refractivity contribution in [2.75, 3.05) is 5.73 Å². The van der Waals surface area contributed by atoms with Crippen LogP contribution in [0.5, 0.6) is 0 Å². The molecule has 4 N–H and O–H groups in total. The van der Waals surface area contributed by atoms with Crippen LogP contribution in [0.15, 0.2) is 6.33 Å². The Labute approximate surface area is 116 Å². The van der Waals surface area contributed by atoms with Crippen LogP contribution in [-0.4, -0.2) is 37.0 Å². The highest BCUT2D eigenvalue weighted by Gasteiger charge is 2.15. The summed E-state index contributed by atoms with van der Waals surface area (Å²) in [5.41, 5.74) is 6.37. The molecule has 0 bridgehead atoms. The highest BCUT2D eigenvalue weighted by Crippen LogP contribution is 2.22. The number of halogens is 1. The fourth-order valence-electron chi connectivity index (χ4n) is 1.63. The van der Waals surface area contributed by atoms with Gasteiger partial charge in [-0.3, -0.25) is 0 Å². The highest BCUT2D eigenvalue weighted by atomic mass is 127. The molecule has 9 heteroatoms. The van der Waals surface area contributed by atoms with Crippen molar-refractivity contribution < 1.29 is 9.90 Å². The molecule has 18 heavy (non-hydrogen) atoms. The highest BCUT2D eigenvalue weighted by molar-refractivity contribution is 14.1. The zero-order valence-electron chi connectivity index (χ0n) is 9.46. The van der Waals surface area contributed by atoms with Gasteiger partial charge in [-0.25, -0.2) is 19.4 Å². The van der Waals surface area contributed by atoms with Crippen molar-refractivity contribution in [3.8, 4) is 0 Å². The normalized spacial score (nSPS) is 12.6. The topological polar surface area (TPSA) is 119 Å². The summed E-state index contributed by atoms with van der Waals surface area (Å²) in [6, 6.07) is -0.280. The number of fused-ring (bicyclic) bond motifs is 1. The Kier molecular flexibility index (Phi) is 3.50. The number of aromatic nitrogens is 4. The second kappa shape index (κ2) is 4.92. The number of amides is 1. The second-order valence-corrected chi connectivity index (χ2v) is 4.80. The van der Waals surface area contributed by atoms with E-state index in [-0.39, 0.29) is 6.04 Å². The lowest BCUT2D eigenvalue weighted by Crippen LogP contribution is -2.34. The van der Waals surface area contributed by atoms with Crippen LogP contribution in [0.4, 0.5) is 10.6 Å². The molecule has 0 unspecified atom stereocenters. The third kappa shape index (κ3) is 2.44. The number of nitrogens with zero attached hydrogens (tertiary/aromatic N) is 4. The molecule has 2 aromatic heterocycles.